The molecule has 0 bridgehead atoms. The third-order valence-electron chi connectivity index (χ3n) is 12.7. The number of hydrogen-bond acceptors (Lipinski definition) is 3. The van der Waals surface area contributed by atoms with Crippen molar-refractivity contribution < 1.29 is 9.47 Å². The highest BCUT2D eigenvalue weighted by atomic mass is 31.2. The number of nitrogens with zero attached hydrogens (tertiary/aromatic N) is 1. The van der Waals surface area contributed by atoms with Gasteiger partial charge < -0.3 is 9.47 Å². The lowest BCUT2D eigenvalue weighted by atomic mass is 10.0. The Hall–Kier alpha value is -2.27. The summed E-state index contributed by atoms with van der Waals surface area (Å²) in [4.78, 5) is 0. The van der Waals surface area contributed by atoms with Crippen molar-refractivity contribution in [2.24, 2.45) is 0 Å². The molecule has 0 aliphatic rings. The van der Waals surface area contributed by atoms with Gasteiger partial charge in [-0.05, 0) is 50.2 Å². The molecule has 4 rings (SSSR count). The smallest absolute Gasteiger partial charge is 0.128 e. The molecule has 0 aliphatic carbocycles. The Labute approximate surface area is 361 Å². The molecular weight excluding hydrogens is 777 g/mol. The molecule has 3 nitrogen and oxygen atoms in total. The van der Waals surface area contributed by atoms with E-state index < -0.39 is 24.2 Å². The number of para-hydroxylation sites is 2. The molecule has 4 aromatic carbocycles. The zero-order chi connectivity index (χ0) is 41.8. The minimum Gasteiger partial charge on any atom is -0.496 e. The van der Waals surface area contributed by atoms with E-state index in [1.807, 2.05) is 14.2 Å². The maximum atomic E-state index is 6.12. The highest BCUT2D eigenvalue weighted by Crippen LogP contribution is 2.47. The second-order valence-electron chi connectivity index (χ2n) is 16.8. The minimum atomic E-state index is -1.74. The normalized spacial score (nSPS) is 12.8. The van der Waals surface area contributed by atoms with Crippen molar-refractivity contribution in [2.75, 3.05) is 21.3 Å². The molecule has 0 N–H and O–H groups in total. The van der Waals surface area contributed by atoms with Gasteiger partial charge in [-0.25, -0.2) is 0 Å². The fourth-order valence-corrected chi connectivity index (χ4v) is 24.6. The van der Waals surface area contributed by atoms with E-state index in [1.165, 1.54) is 140 Å². The standard InChI is InChI=1S/C51H79NO2P2Si2/c1-10-16-36-57(37-17-11-2,38-18-12-3)44-32-30-43(31-33-44)56(51-29-25-24-28-49(51)54-9)52(7)55-50-35-34-45(42-47(50)46-26-22-23-27-48(46)53-8)58(39-19-13-4,40-20-14-5)41-21-15-6/h22-35,42,55H,10-21,36-41H2,1-9H3. The third kappa shape index (κ3) is 12.6. The van der Waals surface area contributed by atoms with Gasteiger partial charge in [0, 0.05) is 18.9 Å². The number of hydrogen-bond donors (Lipinski definition) is 0. The predicted molar refractivity (Wildman–Crippen MR) is 269 cm³/mol. The molecule has 0 fully saturated rings. The van der Waals surface area contributed by atoms with Crippen LogP contribution in [0.15, 0.2) is 91.0 Å². The van der Waals surface area contributed by atoms with Gasteiger partial charge in [0.1, 0.15) is 11.5 Å². The average Bonchev–Trinajstić information content (AvgIpc) is 3.26. The van der Waals surface area contributed by atoms with Crippen LogP contribution in [0.25, 0.3) is 11.1 Å². The Morgan fingerprint density at radius 3 is 1.41 bits per heavy atom. The monoisotopic (exact) mass is 856 g/mol. The summed E-state index contributed by atoms with van der Waals surface area (Å²) in [6.45, 7) is 14.2. The lowest BCUT2D eigenvalue weighted by Crippen LogP contribution is -2.48. The molecular formula is C51H79NO2P2Si2. The third-order valence-corrected chi connectivity index (χ3v) is 27.8. The van der Waals surface area contributed by atoms with E-state index >= 15 is 0 Å². The first-order valence-corrected chi connectivity index (χ1v) is 30.6. The summed E-state index contributed by atoms with van der Waals surface area (Å²) in [6.07, 6.45) is 15.7. The van der Waals surface area contributed by atoms with Crippen molar-refractivity contribution in [1.82, 2.24) is 4.44 Å². The van der Waals surface area contributed by atoms with E-state index in [-0.39, 0.29) is 0 Å². The van der Waals surface area contributed by atoms with Crippen LogP contribution in [0, 0.1) is 0 Å². The van der Waals surface area contributed by atoms with Gasteiger partial charge in [0.05, 0.1) is 30.4 Å². The summed E-state index contributed by atoms with van der Waals surface area (Å²) in [6, 6.07) is 43.9. The Balaban J connectivity index is 1.88. The SMILES string of the molecule is CCCC[Si](CCCC)(CCCC)c1ccc(P(c2ccccc2OC)N(C)Pc2ccc([Si](CCCC)(CCCC)CCCC)cc2-c2ccccc2OC)cc1. The molecule has 0 aromatic heterocycles. The van der Waals surface area contributed by atoms with E-state index in [1.54, 1.807) is 10.4 Å². The Morgan fingerprint density at radius 1 is 0.500 bits per heavy atom. The van der Waals surface area contributed by atoms with Crippen LogP contribution < -0.4 is 35.8 Å². The van der Waals surface area contributed by atoms with Crippen molar-refractivity contribution in [3.05, 3.63) is 91.0 Å². The molecule has 0 amide bonds. The first kappa shape index (κ1) is 48.4. The average molecular weight is 856 g/mol. The van der Waals surface area contributed by atoms with Gasteiger partial charge in [-0.2, -0.15) is 0 Å². The zero-order valence-electron chi connectivity index (χ0n) is 38.1. The van der Waals surface area contributed by atoms with Crippen LogP contribution in [0.2, 0.25) is 36.3 Å². The van der Waals surface area contributed by atoms with E-state index in [4.69, 9.17) is 9.47 Å². The molecule has 4 aromatic rings. The molecule has 2 unspecified atom stereocenters. The maximum absolute atomic E-state index is 6.12. The van der Waals surface area contributed by atoms with Crippen molar-refractivity contribution in [3.63, 3.8) is 0 Å². The minimum absolute atomic E-state index is 0.473. The van der Waals surface area contributed by atoms with Crippen LogP contribution >= 0.6 is 16.8 Å². The van der Waals surface area contributed by atoms with Crippen LogP contribution in [-0.4, -0.2) is 41.9 Å². The summed E-state index contributed by atoms with van der Waals surface area (Å²) < 4.78 is 14.9. The lowest BCUT2D eigenvalue weighted by Gasteiger charge is -2.35. The van der Waals surface area contributed by atoms with Gasteiger partial charge in [0.15, 0.2) is 0 Å². The molecule has 0 radical (unpaired) electrons. The zero-order valence-corrected chi connectivity index (χ0v) is 42.0. The Morgan fingerprint density at radius 2 is 0.931 bits per heavy atom. The molecule has 318 valence electrons. The topological polar surface area (TPSA) is 21.7 Å². The second kappa shape index (κ2) is 25.5. The summed E-state index contributed by atoms with van der Waals surface area (Å²) in [5.41, 5.74) is 2.57. The lowest BCUT2D eigenvalue weighted by molar-refractivity contribution is 0.416. The van der Waals surface area contributed by atoms with E-state index in [0.717, 1.165) is 11.5 Å². The van der Waals surface area contributed by atoms with Crippen LogP contribution in [0.4, 0.5) is 0 Å². The van der Waals surface area contributed by atoms with Crippen molar-refractivity contribution in [2.45, 2.75) is 155 Å². The fraction of sp³-hybridized carbons (Fsp3) is 0.529. The van der Waals surface area contributed by atoms with Crippen molar-refractivity contribution >= 4 is 59.2 Å². The molecule has 0 aliphatic heterocycles. The predicted octanol–water partition coefficient (Wildman–Crippen LogP) is 13.7. The van der Waals surface area contributed by atoms with Crippen molar-refractivity contribution in [3.8, 4) is 22.6 Å². The summed E-state index contributed by atoms with van der Waals surface area (Å²) in [5.74, 6) is 1.94. The van der Waals surface area contributed by atoms with E-state index in [2.05, 4.69) is 144 Å². The van der Waals surface area contributed by atoms with Crippen LogP contribution in [0.5, 0.6) is 11.5 Å². The number of ether oxygens (including phenoxy) is 2. The Bertz CT molecular complexity index is 1720. The second-order valence-corrected chi connectivity index (χ2v) is 30.1. The molecule has 58 heavy (non-hydrogen) atoms. The van der Waals surface area contributed by atoms with Crippen molar-refractivity contribution in [1.29, 1.82) is 0 Å². The molecule has 0 heterocycles. The van der Waals surface area contributed by atoms with Gasteiger partial charge in [-0.1, -0.05) is 238 Å². The summed E-state index contributed by atoms with van der Waals surface area (Å²) in [5, 5.41) is 7.43. The molecule has 0 spiro atoms. The summed E-state index contributed by atoms with van der Waals surface area (Å²) in [7, 11) is 2.26. The van der Waals surface area contributed by atoms with Gasteiger partial charge in [-0.15, -0.1) is 0 Å². The van der Waals surface area contributed by atoms with Crippen LogP contribution in [0.1, 0.15) is 119 Å². The summed E-state index contributed by atoms with van der Waals surface area (Å²) >= 11 is 0. The molecule has 0 saturated carbocycles. The molecule has 2 atom stereocenters. The molecule has 7 heteroatoms. The highest BCUT2D eigenvalue weighted by molar-refractivity contribution is 7.77. The fourth-order valence-electron chi connectivity index (χ4n) is 9.23. The number of methoxy groups -OCH3 is 2. The maximum Gasteiger partial charge on any atom is 0.128 e. The van der Waals surface area contributed by atoms with E-state index in [9.17, 15) is 0 Å². The van der Waals surface area contributed by atoms with Crippen LogP contribution in [0.3, 0.4) is 0 Å². The van der Waals surface area contributed by atoms with Gasteiger partial charge >= 0.3 is 0 Å². The van der Waals surface area contributed by atoms with Gasteiger partial charge in [-0.3, -0.25) is 4.44 Å². The highest BCUT2D eigenvalue weighted by Gasteiger charge is 2.36. The van der Waals surface area contributed by atoms with Gasteiger partial charge in [0.2, 0.25) is 0 Å². The number of rotatable bonds is 28. The number of benzene rings is 4. The first-order valence-electron chi connectivity index (χ1n) is 23.1. The quantitative estimate of drug-likeness (QED) is 0.0420. The molecule has 0 saturated heterocycles. The number of unbranched alkanes of at least 4 members (excludes halogenated alkanes) is 6. The van der Waals surface area contributed by atoms with E-state index in [0.29, 0.717) is 8.73 Å². The van der Waals surface area contributed by atoms with Gasteiger partial charge in [0.25, 0.3) is 0 Å². The Kier molecular flexibility index (Phi) is 21.3. The first-order chi connectivity index (χ1) is 28.3. The largest absolute Gasteiger partial charge is 0.496 e. The van der Waals surface area contributed by atoms with Crippen LogP contribution in [-0.2, 0) is 0 Å².